The smallest absolute Gasteiger partial charge is 0.107 e. The van der Waals surface area contributed by atoms with Crippen molar-refractivity contribution in [2.24, 2.45) is 5.92 Å². The molecule has 74 valence electrons. The molecule has 0 atom stereocenters. The van der Waals surface area contributed by atoms with Crippen molar-refractivity contribution in [2.75, 3.05) is 0 Å². The van der Waals surface area contributed by atoms with Crippen LogP contribution in [0.15, 0.2) is 17.5 Å². The van der Waals surface area contributed by atoms with Crippen LogP contribution in [0, 0.1) is 17.2 Å². The molecule has 0 aliphatic heterocycles. The minimum atomic E-state index is -0.233. The molecule has 14 heavy (non-hydrogen) atoms. The first-order valence-electron chi connectivity index (χ1n) is 4.93. The molecule has 1 saturated carbocycles. The molecule has 0 bridgehead atoms. The Balaban J connectivity index is 1.89. The van der Waals surface area contributed by atoms with Gasteiger partial charge in [-0.25, -0.2) is 0 Å². The average Bonchev–Trinajstić information content (AvgIpc) is 2.63. The van der Waals surface area contributed by atoms with E-state index in [1.54, 1.807) is 11.3 Å². The molecular formula is C11H14N2S. The second kappa shape index (κ2) is 3.72. The Labute approximate surface area is 88.6 Å². The maximum absolute atomic E-state index is 9.07. The van der Waals surface area contributed by atoms with Gasteiger partial charge in [0.05, 0.1) is 6.07 Å². The summed E-state index contributed by atoms with van der Waals surface area (Å²) in [6.45, 7) is 3.03. The molecule has 1 aliphatic rings. The summed E-state index contributed by atoms with van der Waals surface area (Å²) in [7, 11) is 0. The monoisotopic (exact) mass is 206 g/mol. The summed E-state index contributed by atoms with van der Waals surface area (Å²) in [5.74, 6) is 0.700. The molecule has 0 spiro atoms. The van der Waals surface area contributed by atoms with Gasteiger partial charge in [-0.05, 0) is 30.2 Å². The minimum absolute atomic E-state index is 0.233. The van der Waals surface area contributed by atoms with Crippen molar-refractivity contribution in [3.63, 3.8) is 0 Å². The number of nitrogens with zero attached hydrogens (tertiary/aromatic N) is 1. The molecule has 0 radical (unpaired) electrons. The van der Waals surface area contributed by atoms with Crippen LogP contribution in [0.3, 0.4) is 0 Å². The van der Waals surface area contributed by atoms with Gasteiger partial charge in [-0.15, -0.1) is 11.3 Å². The van der Waals surface area contributed by atoms with E-state index in [0.29, 0.717) is 5.92 Å². The molecule has 0 amide bonds. The van der Waals surface area contributed by atoms with E-state index in [0.717, 1.165) is 19.4 Å². The Morgan fingerprint density at radius 3 is 3.00 bits per heavy atom. The lowest BCUT2D eigenvalue weighted by molar-refractivity contribution is 0.171. The van der Waals surface area contributed by atoms with Crippen LogP contribution in [0.4, 0.5) is 0 Å². The lowest BCUT2D eigenvalue weighted by Gasteiger charge is -2.41. The predicted octanol–water partition coefficient (Wildman–Crippen LogP) is 2.53. The zero-order chi connectivity index (χ0) is 10.0. The first-order chi connectivity index (χ1) is 6.74. The number of nitrogens with one attached hydrogen (secondary N) is 1. The van der Waals surface area contributed by atoms with Crippen LogP contribution < -0.4 is 5.32 Å². The van der Waals surface area contributed by atoms with Crippen molar-refractivity contribution in [1.82, 2.24) is 5.32 Å². The van der Waals surface area contributed by atoms with E-state index < -0.39 is 0 Å². The predicted molar refractivity (Wildman–Crippen MR) is 57.9 cm³/mol. The molecule has 1 aliphatic carbocycles. The van der Waals surface area contributed by atoms with Gasteiger partial charge in [0.15, 0.2) is 0 Å². The van der Waals surface area contributed by atoms with Crippen LogP contribution in [-0.2, 0) is 6.54 Å². The number of hydrogen-bond donors (Lipinski definition) is 1. The Morgan fingerprint density at radius 2 is 2.50 bits per heavy atom. The molecule has 0 aromatic carbocycles. The second-order valence-corrected chi connectivity index (χ2v) is 5.17. The molecule has 1 N–H and O–H groups in total. The highest BCUT2D eigenvalue weighted by molar-refractivity contribution is 7.09. The average molecular weight is 206 g/mol. The summed E-state index contributed by atoms with van der Waals surface area (Å²) in [6.07, 6.45) is 1.99. The van der Waals surface area contributed by atoms with Gasteiger partial charge in [0.1, 0.15) is 5.54 Å². The van der Waals surface area contributed by atoms with Crippen molar-refractivity contribution in [1.29, 1.82) is 5.26 Å². The summed E-state index contributed by atoms with van der Waals surface area (Å²) in [5.41, 5.74) is -0.233. The van der Waals surface area contributed by atoms with Gasteiger partial charge in [-0.1, -0.05) is 13.0 Å². The van der Waals surface area contributed by atoms with Crippen molar-refractivity contribution < 1.29 is 0 Å². The van der Waals surface area contributed by atoms with Crippen LogP contribution in [0.5, 0.6) is 0 Å². The van der Waals surface area contributed by atoms with Gasteiger partial charge >= 0.3 is 0 Å². The quantitative estimate of drug-likeness (QED) is 0.825. The molecule has 1 heterocycles. The van der Waals surface area contributed by atoms with Crippen LogP contribution in [0.1, 0.15) is 24.6 Å². The molecular weight excluding hydrogens is 192 g/mol. The third kappa shape index (κ3) is 1.82. The lowest BCUT2D eigenvalue weighted by atomic mass is 9.70. The minimum Gasteiger partial charge on any atom is -0.294 e. The fourth-order valence-corrected chi connectivity index (χ4v) is 2.72. The first-order valence-corrected chi connectivity index (χ1v) is 5.81. The maximum atomic E-state index is 9.07. The van der Waals surface area contributed by atoms with Gasteiger partial charge in [0.2, 0.25) is 0 Å². The van der Waals surface area contributed by atoms with Crippen LogP contribution >= 0.6 is 11.3 Å². The first kappa shape index (κ1) is 9.70. The van der Waals surface area contributed by atoms with Crippen molar-refractivity contribution >= 4 is 11.3 Å². The topological polar surface area (TPSA) is 35.8 Å². The van der Waals surface area contributed by atoms with E-state index in [1.165, 1.54) is 4.88 Å². The summed E-state index contributed by atoms with van der Waals surface area (Å²) in [6, 6.07) is 6.55. The largest absolute Gasteiger partial charge is 0.294 e. The number of rotatable bonds is 3. The summed E-state index contributed by atoms with van der Waals surface area (Å²) in [4.78, 5) is 1.30. The van der Waals surface area contributed by atoms with Gasteiger partial charge in [-0.2, -0.15) is 5.26 Å². The van der Waals surface area contributed by atoms with Gasteiger partial charge in [-0.3, -0.25) is 5.32 Å². The van der Waals surface area contributed by atoms with Crippen molar-refractivity contribution in [3.05, 3.63) is 22.4 Å². The van der Waals surface area contributed by atoms with E-state index in [4.69, 9.17) is 5.26 Å². The molecule has 0 saturated heterocycles. The SMILES string of the molecule is CC1CC(C#N)(NCc2cccs2)C1. The molecule has 0 unspecified atom stereocenters. The molecule has 2 nitrogen and oxygen atoms in total. The van der Waals surface area contributed by atoms with Crippen molar-refractivity contribution in [2.45, 2.75) is 31.8 Å². The number of thiophene rings is 1. The maximum Gasteiger partial charge on any atom is 0.107 e. The van der Waals surface area contributed by atoms with E-state index in [2.05, 4.69) is 29.8 Å². The summed E-state index contributed by atoms with van der Waals surface area (Å²) in [5, 5.41) is 14.5. The molecule has 1 aromatic rings. The highest BCUT2D eigenvalue weighted by atomic mass is 32.1. The lowest BCUT2D eigenvalue weighted by Crippen LogP contribution is -2.53. The number of hydrogen-bond acceptors (Lipinski definition) is 3. The Bertz CT molecular complexity index is 331. The Hall–Kier alpha value is -0.850. The molecule has 1 aromatic heterocycles. The highest BCUT2D eigenvalue weighted by Gasteiger charge is 2.41. The third-order valence-electron chi connectivity index (χ3n) is 2.79. The fourth-order valence-electron chi connectivity index (χ4n) is 2.07. The molecule has 3 heteroatoms. The zero-order valence-corrected chi connectivity index (χ0v) is 9.10. The Kier molecular flexibility index (Phi) is 2.58. The van der Waals surface area contributed by atoms with E-state index >= 15 is 0 Å². The normalized spacial score (nSPS) is 30.7. The summed E-state index contributed by atoms with van der Waals surface area (Å²) < 4.78 is 0. The zero-order valence-electron chi connectivity index (χ0n) is 8.29. The number of nitriles is 1. The van der Waals surface area contributed by atoms with E-state index in [-0.39, 0.29) is 5.54 Å². The van der Waals surface area contributed by atoms with Crippen LogP contribution in [0.2, 0.25) is 0 Å². The Morgan fingerprint density at radius 1 is 1.71 bits per heavy atom. The molecule has 1 fully saturated rings. The summed E-state index contributed by atoms with van der Waals surface area (Å²) >= 11 is 1.74. The van der Waals surface area contributed by atoms with E-state index in [1.807, 2.05) is 6.07 Å². The second-order valence-electron chi connectivity index (χ2n) is 4.14. The van der Waals surface area contributed by atoms with Gasteiger partial charge < -0.3 is 0 Å². The van der Waals surface area contributed by atoms with Gasteiger partial charge in [0, 0.05) is 11.4 Å². The van der Waals surface area contributed by atoms with Crippen LogP contribution in [0.25, 0.3) is 0 Å². The van der Waals surface area contributed by atoms with Crippen LogP contribution in [-0.4, -0.2) is 5.54 Å². The van der Waals surface area contributed by atoms with E-state index in [9.17, 15) is 0 Å². The molecule has 2 rings (SSSR count). The van der Waals surface area contributed by atoms with Gasteiger partial charge in [0.25, 0.3) is 0 Å². The third-order valence-corrected chi connectivity index (χ3v) is 3.67. The highest BCUT2D eigenvalue weighted by Crippen LogP contribution is 2.37. The van der Waals surface area contributed by atoms with Crippen molar-refractivity contribution in [3.8, 4) is 6.07 Å². The fraction of sp³-hybridized carbons (Fsp3) is 0.545. The standard InChI is InChI=1S/C11H14N2S/c1-9-5-11(6-9,8-12)13-7-10-3-2-4-14-10/h2-4,9,13H,5-7H2,1H3.